The number of carbonyl (C=O) groups excluding carboxylic acids is 1. The fourth-order valence-electron chi connectivity index (χ4n) is 2.32. The van der Waals surface area contributed by atoms with Crippen LogP contribution in [0, 0.1) is 6.92 Å². The Bertz CT molecular complexity index is 536. The van der Waals surface area contributed by atoms with E-state index in [4.69, 9.17) is 4.74 Å². The number of rotatable bonds is 5. The standard InChI is InChI=1S/C16H27N5O2/c1-12-11-13(19-15(18-12)20-16(2,3)4)14(22)17-5-6-21-7-9-23-10-8-21/h11H,5-10H2,1-4H3,(H,17,22)(H,18,19,20). The van der Waals surface area contributed by atoms with Crippen molar-refractivity contribution in [1.29, 1.82) is 0 Å². The third-order valence-corrected chi connectivity index (χ3v) is 3.39. The van der Waals surface area contributed by atoms with Crippen molar-refractivity contribution in [3.8, 4) is 0 Å². The topological polar surface area (TPSA) is 79.4 Å². The van der Waals surface area contributed by atoms with E-state index in [0.717, 1.165) is 38.5 Å². The molecule has 0 unspecified atom stereocenters. The van der Waals surface area contributed by atoms with Crippen LogP contribution in [0.4, 0.5) is 5.95 Å². The second kappa shape index (κ2) is 7.70. The predicted molar refractivity (Wildman–Crippen MR) is 89.7 cm³/mol. The van der Waals surface area contributed by atoms with Crippen LogP contribution in [-0.4, -0.2) is 65.7 Å². The fourth-order valence-corrected chi connectivity index (χ4v) is 2.32. The lowest BCUT2D eigenvalue weighted by molar-refractivity contribution is 0.0383. The van der Waals surface area contributed by atoms with E-state index in [1.165, 1.54) is 0 Å². The monoisotopic (exact) mass is 321 g/mol. The maximum absolute atomic E-state index is 12.3. The Morgan fingerprint density at radius 3 is 2.65 bits per heavy atom. The van der Waals surface area contributed by atoms with Gasteiger partial charge in [-0.05, 0) is 33.8 Å². The van der Waals surface area contributed by atoms with Crippen LogP contribution in [0.25, 0.3) is 0 Å². The Kier molecular flexibility index (Phi) is 5.90. The summed E-state index contributed by atoms with van der Waals surface area (Å²) in [4.78, 5) is 23.2. The number of nitrogens with zero attached hydrogens (tertiary/aromatic N) is 3. The van der Waals surface area contributed by atoms with Crippen LogP contribution in [0.15, 0.2) is 6.07 Å². The lowest BCUT2D eigenvalue weighted by Crippen LogP contribution is -2.41. The van der Waals surface area contributed by atoms with Crippen molar-refractivity contribution >= 4 is 11.9 Å². The molecule has 2 heterocycles. The molecule has 7 heteroatoms. The van der Waals surface area contributed by atoms with Crippen molar-refractivity contribution in [3.05, 3.63) is 17.5 Å². The minimum atomic E-state index is -0.166. The van der Waals surface area contributed by atoms with Crippen LogP contribution in [0.1, 0.15) is 37.0 Å². The molecule has 0 atom stereocenters. The number of aryl methyl sites for hydroxylation is 1. The van der Waals surface area contributed by atoms with E-state index in [1.54, 1.807) is 6.07 Å². The molecule has 7 nitrogen and oxygen atoms in total. The summed E-state index contributed by atoms with van der Waals surface area (Å²) in [7, 11) is 0. The van der Waals surface area contributed by atoms with Crippen molar-refractivity contribution in [2.45, 2.75) is 33.2 Å². The largest absolute Gasteiger partial charge is 0.379 e. The van der Waals surface area contributed by atoms with Crippen molar-refractivity contribution in [1.82, 2.24) is 20.2 Å². The van der Waals surface area contributed by atoms with Crippen molar-refractivity contribution < 1.29 is 9.53 Å². The van der Waals surface area contributed by atoms with Crippen LogP contribution < -0.4 is 10.6 Å². The highest BCUT2D eigenvalue weighted by Crippen LogP contribution is 2.11. The number of morpholine rings is 1. The van der Waals surface area contributed by atoms with E-state index >= 15 is 0 Å². The number of nitrogens with one attached hydrogen (secondary N) is 2. The second-order valence-electron chi connectivity index (χ2n) is 6.80. The number of aromatic nitrogens is 2. The molecule has 0 aliphatic carbocycles. The van der Waals surface area contributed by atoms with Gasteiger partial charge in [0, 0.05) is 37.4 Å². The summed E-state index contributed by atoms with van der Waals surface area (Å²) in [5, 5.41) is 6.12. The molecule has 0 saturated carbocycles. The number of hydrogen-bond donors (Lipinski definition) is 2. The van der Waals surface area contributed by atoms with Crippen LogP contribution in [0.3, 0.4) is 0 Å². The summed E-state index contributed by atoms with van der Waals surface area (Å²) in [6.45, 7) is 12.7. The molecule has 2 rings (SSSR count). The highest BCUT2D eigenvalue weighted by Gasteiger charge is 2.15. The molecule has 1 aromatic rings. The lowest BCUT2D eigenvalue weighted by Gasteiger charge is -2.26. The van der Waals surface area contributed by atoms with Crippen molar-refractivity contribution in [2.75, 3.05) is 44.7 Å². The molecule has 128 valence electrons. The first-order valence-corrected chi connectivity index (χ1v) is 8.06. The Balaban J connectivity index is 1.90. The minimum Gasteiger partial charge on any atom is -0.379 e. The molecule has 1 amide bonds. The van der Waals surface area contributed by atoms with Gasteiger partial charge in [-0.25, -0.2) is 9.97 Å². The van der Waals surface area contributed by atoms with Crippen molar-refractivity contribution in [3.63, 3.8) is 0 Å². The lowest BCUT2D eigenvalue weighted by atomic mass is 10.1. The third-order valence-electron chi connectivity index (χ3n) is 3.39. The van der Waals surface area contributed by atoms with Gasteiger partial charge < -0.3 is 15.4 Å². The molecule has 1 fully saturated rings. The quantitative estimate of drug-likeness (QED) is 0.844. The van der Waals surface area contributed by atoms with Crippen LogP contribution in [-0.2, 0) is 4.74 Å². The van der Waals surface area contributed by atoms with Gasteiger partial charge in [0.05, 0.1) is 13.2 Å². The molecule has 2 N–H and O–H groups in total. The second-order valence-corrected chi connectivity index (χ2v) is 6.80. The van der Waals surface area contributed by atoms with Crippen molar-refractivity contribution in [2.24, 2.45) is 0 Å². The summed E-state index contributed by atoms with van der Waals surface area (Å²) in [6.07, 6.45) is 0. The number of anilines is 1. The van der Waals surface area contributed by atoms with Crippen LogP contribution in [0.5, 0.6) is 0 Å². The van der Waals surface area contributed by atoms with E-state index in [2.05, 4.69) is 25.5 Å². The zero-order chi connectivity index (χ0) is 16.9. The SMILES string of the molecule is Cc1cc(C(=O)NCCN2CCOCC2)nc(NC(C)(C)C)n1. The molecule has 1 aromatic heterocycles. The molecule has 0 radical (unpaired) electrons. The average Bonchev–Trinajstić information content (AvgIpc) is 2.45. The van der Waals surface area contributed by atoms with Gasteiger partial charge in [0.2, 0.25) is 5.95 Å². The smallest absolute Gasteiger partial charge is 0.270 e. The number of amides is 1. The maximum atomic E-state index is 12.3. The highest BCUT2D eigenvalue weighted by molar-refractivity contribution is 5.92. The summed E-state index contributed by atoms with van der Waals surface area (Å²) < 4.78 is 5.31. The summed E-state index contributed by atoms with van der Waals surface area (Å²) in [5.74, 6) is 0.316. The van der Waals surface area contributed by atoms with E-state index < -0.39 is 0 Å². The van der Waals surface area contributed by atoms with E-state index in [-0.39, 0.29) is 11.4 Å². The number of carbonyl (C=O) groups is 1. The molecule has 0 bridgehead atoms. The Labute approximate surface area is 137 Å². The van der Waals surface area contributed by atoms with E-state index in [0.29, 0.717) is 18.2 Å². The Hall–Kier alpha value is -1.73. The molecule has 1 saturated heterocycles. The van der Waals surface area contributed by atoms with Gasteiger partial charge in [-0.3, -0.25) is 9.69 Å². The van der Waals surface area contributed by atoms with Crippen LogP contribution in [0.2, 0.25) is 0 Å². The highest BCUT2D eigenvalue weighted by atomic mass is 16.5. The first kappa shape index (κ1) is 17.6. The van der Waals surface area contributed by atoms with Gasteiger partial charge in [0.1, 0.15) is 5.69 Å². The van der Waals surface area contributed by atoms with Gasteiger partial charge in [0.25, 0.3) is 5.91 Å². The molecule has 1 aliphatic rings. The maximum Gasteiger partial charge on any atom is 0.270 e. The van der Waals surface area contributed by atoms with Gasteiger partial charge >= 0.3 is 0 Å². The molecule has 23 heavy (non-hydrogen) atoms. The molecule has 0 spiro atoms. The Morgan fingerprint density at radius 2 is 2.00 bits per heavy atom. The van der Waals surface area contributed by atoms with Gasteiger partial charge in [0.15, 0.2) is 0 Å². The normalized spacial score (nSPS) is 16.2. The first-order chi connectivity index (χ1) is 10.8. The first-order valence-electron chi connectivity index (χ1n) is 8.06. The summed E-state index contributed by atoms with van der Waals surface area (Å²) >= 11 is 0. The zero-order valence-corrected chi connectivity index (χ0v) is 14.5. The summed E-state index contributed by atoms with van der Waals surface area (Å²) in [6, 6.07) is 1.71. The predicted octanol–water partition coefficient (Wildman–Crippen LogP) is 1.06. The van der Waals surface area contributed by atoms with E-state index in [1.807, 2.05) is 27.7 Å². The molecular weight excluding hydrogens is 294 g/mol. The third kappa shape index (κ3) is 6.11. The van der Waals surface area contributed by atoms with Gasteiger partial charge in [-0.15, -0.1) is 0 Å². The average molecular weight is 321 g/mol. The van der Waals surface area contributed by atoms with Gasteiger partial charge in [-0.1, -0.05) is 0 Å². The molecule has 1 aliphatic heterocycles. The van der Waals surface area contributed by atoms with E-state index in [9.17, 15) is 4.79 Å². The minimum absolute atomic E-state index is 0.155. The Morgan fingerprint density at radius 1 is 1.30 bits per heavy atom. The number of ether oxygens (including phenoxy) is 1. The molecule has 0 aromatic carbocycles. The molecular formula is C16H27N5O2. The van der Waals surface area contributed by atoms with Gasteiger partial charge in [-0.2, -0.15) is 0 Å². The zero-order valence-electron chi connectivity index (χ0n) is 14.5. The van der Waals surface area contributed by atoms with Crippen LogP contribution >= 0.6 is 0 Å². The number of hydrogen-bond acceptors (Lipinski definition) is 6. The summed E-state index contributed by atoms with van der Waals surface area (Å²) in [5.41, 5.74) is 1.01. The fraction of sp³-hybridized carbons (Fsp3) is 0.688.